The van der Waals surface area contributed by atoms with Crippen molar-refractivity contribution in [1.82, 2.24) is 5.32 Å². The Hall–Kier alpha value is -1.02. The smallest absolute Gasteiger partial charge is 0.128 e. The van der Waals surface area contributed by atoms with Gasteiger partial charge in [-0.15, -0.1) is 0 Å². The van der Waals surface area contributed by atoms with Crippen molar-refractivity contribution in [1.29, 1.82) is 0 Å². The molecule has 1 N–H and O–H groups in total. The Bertz CT molecular complexity index is 437. The second kappa shape index (κ2) is 4.93. The zero-order valence-corrected chi connectivity index (χ0v) is 12.3. The molecule has 1 aromatic rings. The van der Waals surface area contributed by atoms with E-state index < -0.39 is 0 Å². The number of fused-ring (bicyclic) bond motifs is 1. The number of hydrogen-bond acceptors (Lipinski definition) is 2. The van der Waals surface area contributed by atoms with Crippen LogP contribution in [0, 0.1) is 13.8 Å². The lowest BCUT2D eigenvalue weighted by Crippen LogP contribution is -2.40. The van der Waals surface area contributed by atoms with Crippen LogP contribution in [0.3, 0.4) is 0 Å². The van der Waals surface area contributed by atoms with Gasteiger partial charge in [-0.05, 0) is 51.8 Å². The predicted molar refractivity (Wildman–Crippen MR) is 76.3 cm³/mol. The Kier molecular flexibility index (Phi) is 3.67. The number of ether oxygens (including phenoxy) is 1. The van der Waals surface area contributed by atoms with E-state index in [-0.39, 0.29) is 5.60 Å². The van der Waals surface area contributed by atoms with E-state index >= 15 is 0 Å². The minimum absolute atomic E-state index is 0.0863. The summed E-state index contributed by atoms with van der Waals surface area (Å²) in [7, 11) is 0. The number of benzene rings is 1. The summed E-state index contributed by atoms with van der Waals surface area (Å²) in [6.45, 7) is 11.9. The Morgan fingerprint density at radius 2 is 1.94 bits per heavy atom. The molecule has 0 saturated carbocycles. The largest absolute Gasteiger partial charge is 0.487 e. The van der Waals surface area contributed by atoms with Gasteiger partial charge in [0.15, 0.2) is 0 Å². The van der Waals surface area contributed by atoms with Gasteiger partial charge in [0.2, 0.25) is 0 Å². The van der Waals surface area contributed by atoms with Crippen LogP contribution in [-0.4, -0.2) is 12.1 Å². The molecule has 2 heteroatoms. The molecule has 2 rings (SSSR count). The van der Waals surface area contributed by atoms with Crippen LogP contribution in [0.25, 0.3) is 0 Å². The summed E-state index contributed by atoms with van der Waals surface area (Å²) in [5.74, 6) is 1.10. The highest BCUT2D eigenvalue weighted by atomic mass is 16.5. The van der Waals surface area contributed by atoms with Gasteiger partial charge >= 0.3 is 0 Å². The molecule has 1 atom stereocenters. The van der Waals surface area contributed by atoms with Gasteiger partial charge in [0, 0.05) is 18.0 Å². The van der Waals surface area contributed by atoms with E-state index in [1.165, 1.54) is 16.7 Å². The van der Waals surface area contributed by atoms with Crippen molar-refractivity contribution in [3.63, 3.8) is 0 Å². The highest BCUT2D eigenvalue weighted by Crippen LogP contribution is 2.42. The van der Waals surface area contributed by atoms with E-state index in [4.69, 9.17) is 4.74 Å². The lowest BCUT2D eigenvalue weighted by Gasteiger charge is -2.39. The van der Waals surface area contributed by atoms with E-state index in [1.807, 2.05) is 0 Å². The number of hydrogen-bond donors (Lipinski definition) is 1. The lowest BCUT2D eigenvalue weighted by atomic mass is 9.86. The van der Waals surface area contributed by atoms with Crippen molar-refractivity contribution in [3.05, 3.63) is 28.8 Å². The van der Waals surface area contributed by atoms with E-state index in [1.54, 1.807) is 0 Å². The fraction of sp³-hybridized carbons (Fsp3) is 0.625. The Morgan fingerprint density at radius 3 is 2.61 bits per heavy atom. The molecule has 0 amide bonds. The molecule has 1 heterocycles. The predicted octanol–water partition coefficient (Wildman–Crippen LogP) is 3.91. The summed E-state index contributed by atoms with van der Waals surface area (Å²) >= 11 is 0. The molecule has 2 nitrogen and oxygen atoms in total. The van der Waals surface area contributed by atoms with Crippen molar-refractivity contribution in [3.8, 4) is 5.75 Å². The second-order valence-electron chi connectivity index (χ2n) is 6.01. The van der Waals surface area contributed by atoms with E-state index in [0.29, 0.717) is 6.04 Å². The van der Waals surface area contributed by atoms with E-state index in [9.17, 15) is 0 Å². The molecule has 18 heavy (non-hydrogen) atoms. The highest BCUT2D eigenvalue weighted by Gasteiger charge is 2.35. The third-order valence-electron chi connectivity index (χ3n) is 3.67. The van der Waals surface area contributed by atoms with E-state index in [2.05, 4.69) is 52.1 Å². The van der Waals surface area contributed by atoms with Gasteiger partial charge < -0.3 is 10.1 Å². The lowest BCUT2D eigenvalue weighted by molar-refractivity contribution is 0.0649. The summed E-state index contributed by atoms with van der Waals surface area (Å²) in [6, 6.07) is 4.78. The fourth-order valence-electron chi connectivity index (χ4n) is 2.78. The van der Waals surface area contributed by atoms with Crippen LogP contribution >= 0.6 is 0 Å². The SMILES string of the molecule is CCCNC1CC(C)(C)Oc2c(C)ccc(C)c21. The van der Waals surface area contributed by atoms with Gasteiger partial charge in [-0.25, -0.2) is 0 Å². The number of nitrogens with one attached hydrogen (secondary N) is 1. The van der Waals surface area contributed by atoms with Crippen molar-refractivity contribution in [2.24, 2.45) is 0 Å². The number of rotatable bonds is 3. The standard InChI is InChI=1S/C16H25NO/c1-6-9-17-13-10-16(4,5)18-15-12(3)8-7-11(2)14(13)15/h7-8,13,17H,6,9-10H2,1-5H3. The molecule has 0 aromatic heterocycles. The Labute approximate surface area is 111 Å². The van der Waals surface area contributed by atoms with Crippen LogP contribution in [0.5, 0.6) is 5.75 Å². The van der Waals surface area contributed by atoms with Crippen LogP contribution in [0.15, 0.2) is 12.1 Å². The summed E-state index contributed by atoms with van der Waals surface area (Å²) < 4.78 is 6.20. The van der Waals surface area contributed by atoms with Crippen LogP contribution in [0.4, 0.5) is 0 Å². The van der Waals surface area contributed by atoms with Crippen molar-refractivity contribution in [2.45, 2.75) is 59.1 Å². The third-order valence-corrected chi connectivity index (χ3v) is 3.67. The van der Waals surface area contributed by atoms with Gasteiger partial charge in [0.05, 0.1) is 0 Å². The third kappa shape index (κ3) is 2.54. The summed E-state index contributed by atoms with van der Waals surface area (Å²) in [5, 5.41) is 3.67. The molecule has 0 saturated heterocycles. The van der Waals surface area contributed by atoms with Gasteiger partial charge in [-0.2, -0.15) is 0 Å². The molecule has 1 aliphatic rings. The van der Waals surface area contributed by atoms with Crippen LogP contribution < -0.4 is 10.1 Å². The molecule has 1 aliphatic heterocycles. The van der Waals surface area contributed by atoms with Crippen molar-refractivity contribution >= 4 is 0 Å². The first-order valence-corrected chi connectivity index (χ1v) is 6.97. The maximum atomic E-state index is 6.20. The molecule has 1 unspecified atom stereocenters. The maximum Gasteiger partial charge on any atom is 0.128 e. The van der Waals surface area contributed by atoms with Crippen molar-refractivity contribution < 1.29 is 4.74 Å². The number of aryl methyl sites for hydroxylation is 2. The average Bonchev–Trinajstić information content (AvgIpc) is 2.29. The van der Waals surface area contributed by atoms with Gasteiger partial charge in [-0.3, -0.25) is 0 Å². The molecular weight excluding hydrogens is 222 g/mol. The molecule has 0 aliphatic carbocycles. The zero-order chi connectivity index (χ0) is 13.3. The topological polar surface area (TPSA) is 21.3 Å². The van der Waals surface area contributed by atoms with Crippen LogP contribution in [0.2, 0.25) is 0 Å². The summed E-state index contributed by atoms with van der Waals surface area (Å²) in [5.41, 5.74) is 3.85. The van der Waals surface area contributed by atoms with Gasteiger partial charge in [0.1, 0.15) is 11.4 Å². The molecule has 0 bridgehead atoms. The first kappa shape index (κ1) is 13.4. The average molecular weight is 247 g/mol. The molecule has 1 aromatic carbocycles. The van der Waals surface area contributed by atoms with Gasteiger partial charge in [0.25, 0.3) is 0 Å². The molecule has 0 spiro atoms. The Morgan fingerprint density at radius 1 is 1.28 bits per heavy atom. The molecule has 0 fully saturated rings. The summed E-state index contributed by atoms with van der Waals surface area (Å²) in [4.78, 5) is 0. The fourth-order valence-corrected chi connectivity index (χ4v) is 2.78. The van der Waals surface area contributed by atoms with E-state index in [0.717, 1.165) is 25.1 Å². The Balaban J connectivity index is 2.43. The molecular formula is C16H25NO. The summed E-state index contributed by atoms with van der Waals surface area (Å²) in [6.07, 6.45) is 2.20. The van der Waals surface area contributed by atoms with Crippen molar-refractivity contribution in [2.75, 3.05) is 6.54 Å². The first-order chi connectivity index (χ1) is 8.44. The first-order valence-electron chi connectivity index (χ1n) is 6.97. The highest BCUT2D eigenvalue weighted by molar-refractivity contribution is 5.49. The second-order valence-corrected chi connectivity index (χ2v) is 6.01. The molecule has 100 valence electrons. The minimum atomic E-state index is -0.0863. The minimum Gasteiger partial charge on any atom is -0.487 e. The quantitative estimate of drug-likeness (QED) is 0.874. The monoisotopic (exact) mass is 247 g/mol. The van der Waals surface area contributed by atoms with Gasteiger partial charge in [-0.1, -0.05) is 19.1 Å². The van der Waals surface area contributed by atoms with Crippen LogP contribution in [0.1, 0.15) is 56.3 Å². The molecule has 0 radical (unpaired) electrons. The zero-order valence-electron chi connectivity index (χ0n) is 12.3. The van der Waals surface area contributed by atoms with Crippen LogP contribution in [-0.2, 0) is 0 Å². The normalized spacial score (nSPS) is 21.3. The maximum absolute atomic E-state index is 6.20.